The molecule has 0 saturated carbocycles. The third kappa shape index (κ3) is 80.9. The summed E-state index contributed by atoms with van der Waals surface area (Å²) in [6.45, 7) is 4.04. The summed E-state index contributed by atoms with van der Waals surface area (Å²) >= 11 is 0. The fourth-order valence-electron chi connectivity index (χ4n) is 11.3. The van der Waals surface area contributed by atoms with Crippen molar-refractivity contribution in [3.05, 3.63) is 146 Å². The third-order valence-corrected chi connectivity index (χ3v) is 18.3. The van der Waals surface area contributed by atoms with Crippen LogP contribution in [-0.4, -0.2) is 70.0 Å². The molecule has 0 N–H and O–H groups in total. The molecule has 0 aromatic heterocycles. The first-order valence-electron chi connectivity index (χ1n) is 40.5. The van der Waals surface area contributed by atoms with Gasteiger partial charge in [-0.3, -0.25) is 14.2 Å². The van der Waals surface area contributed by atoms with Gasteiger partial charge in [0.25, 0.3) is 7.82 Å². The van der Waals surface area contributed by atoms with Crippen LogP contribution in [0.1, 0.15) is 348 Å². The van der Waals surface area contributed by atoms with Gasteiger partial charge in [-0.2, -0.15) is 0 Å². The Kier molecular flexibility index (Phi) is 73.8. The monoisotopic (exact) mass is 1380 g/mol. The van der Waals surface area contributed by atoms with Gasteiger partial charge in [0.15, 0.2) is 6.10 Å². The lowest BCUT2D eigenvalue weighted by Gasteiger charge is -2.28. The zero-order valence-electron chi connectivity index (χ0n) is 64.2. The molecule has 562 valence electrons. The summed E-state index contributed by atoms with van der Waals surface area (Å²) in [5.41, 5.74) is 0. The normalized spacial score (nSPS) is 13.8. The molecule has 0 heterocycles. The first kappa shape index (κ1) is 93.9. The molecule has 0 aliphatic heterocycles. The van der Waals surface area contributed by atoms with Gasteiger partial charge in [0.2, 0.25) is 0 Å². The maximum atomic E-state index is 12.9. The van der Waals surface area contributed by atoms with Crippen molar-refractivity contribution < 1.29 is 42.1 Å². The number of phosphoric ester groups is 1. The SMILES string of the molecule is CC/C=C\C/C=C\C/C=C\C/C=C\C/C=C\C/C=C\C/C=C\C/C=C\CCCCCCCCCCCCCCC(=O)OC(COC(=O)CCCCCCCCCCCCCCCCCCCCCCCCCC/C=C\C/C=C\C/C=C\C/C=C\CC)COP(=O)([O-])OCC[N+](C)(C)C. The molecular formula is C88H152NO8P. The molecule has 0 radical (unpaired) electrons. The van der Waals surface area contributed by atoms with E-state index in [1.165, 1.54) is 199 Å². The predicted octanol–water partition coefficient (Wildman–Crippen LogP) is 26.6. The molecule has 0 rings (SSSR count). The number of phosphoric acid groups is 1. The maximum Gasteiger partial charge on any atom is 0.306 e. The smallest absolute Gasteiger partial charge is 0.306 e. The number of allylic oxidation sites excluding steroid dienone is 24. The van der Waals surface area contributed by atoms with Crippen LogP contribution in [0.5, 0.6) is 0 Å². The van der Waals surface area contributed by atoms with Crippen LogP contribution < -0.4 is 4.89 Å². The van der Waals surface area contributed by atoms with Crippen LogP contribution in [0.3, 0.4) is 0 Å². The Labute approximate surface area is 605 Å². The fraction of sp³-hybridized carbons (Fsp3) is 0.705. The van der Waals surface area contributed by atoms with Crippen molar-refractivity contribution >= 4 is 19.8 Å². The summed E-state index contributed by atoms with van der Waals surface area (Å²) < 4.78 is 34.4. The standard InChI is InChI=1S/C88H152NO8P/c1-6-8-10-12-14-16-18-20-22-24-26-28-30-32-34-36-38-40-42-44-46-48-50-52-54-56-58-60-62-64-66-68-70-72-74-76-78-80-87(90)94-84-86(85-96-98(92,93)95-83-82-89(3,4)5)97-88(91)81-79-77-75-73-71-69-67-65-63-61-59-57-55-53-51-49-47-45-43-41-39-37-35-33-31-29-27-25-23-21-19-17-15-13-11-9-7-2/h8-11,14-17,20-23,26-29,33,35,39,41,45,47,51,53,86H,6-7,12-13,18-19,24-25,30-32,34,36-38,40,42-44,46,48-50,52,54-85H2,1-5H3/b10-8-,11-9-,16-14-,17-15-,22-20-,23-21-,28-26-,29-27-,35-33-,41-39-,47-45-,53-51-. The first-order chi connectivity index (χ1) is 48.0. The molecule has 2 unspecified atom stereocenters. The summed E-state index contributed by atoms with van der Waals surface area (Å²) in [5, 5.41) is 0. The van der Waals surface area contributed by atoms with Crippen molar-refractivity contribution in [2.75, 3.05) is 47.5 Å². The Hall–Kier alpha value is -4.11. The van der Waals surface area contributed by atoms with E-state index in [2.05, 4.69) is 160 Å². The summed E-state index contributed by atoms with van der Waals surface area (Å²) in [4.78, 5) is 38.2. The number of unbranched alkanes of at least 4 members (excludes halogenated alkanes) is 36. The number of hydrogen-bond acceptors (Lipinski definition) is 8. The van der Waals surface area contributed by atoms with Crippen LogP contribution in [-0.2, 0) is 32.7 Å². The minimum absolute atomic E-state index is 0.0349. The van der Waals surface area contributed by atoms with E-state index in [-0.39, 0.29) is 32.0 Å². The molecule has 0 amide bonds. The predicted molar refractivity (Wildman–Crippen MR) is 424 cm³/mol. The summed E-state index contributed by atoms with van der Waals surface area (Å²) in [6, 6.07) is 0. The van der Waals surface area contributed by atoms with Gasteiger partial charge in [-0.25, -0.2) is 0 Å². The van der Waals surface area contributed by atoms with Gasteiger partial charge in [0.05, 0.1) is 27.7 Å². The van der Waals surface area contributed by atoms with E-state index in [0.717, 1.165) is 116 Å². The highest BCUT2D eigenvalue weighted by Crippen LogP contribution is 2.38. The van der Waals surface area contributed by atoms with Crippen molar-refractivity contribution in [1.82, 2.24) is 0 Å². The molecule has 2 atom stereocenters. The number of ether oxygens (including phenoxy) is 2. The van der Waals surface area contributed by atoms with Crippen LogP contribution in [0.15, 0.2) is 146 Å². The van der Waals surface area contributed by atoms with E-state index >= 15 is 0 Å². The van der Waals surface area contributed by atoms with Crippen molar-refractivity contribution in [2.24, 2.45) is 0 Å². The molecule has 9 nitrogen and oxygen atoms in total. The molecule has 0 fully saturated rings. The lowest BCUT2D eigenvalue weighted by atomic mass is 10.0. The zero-order chi connectivity index (χ0) is 71.1. The maximum absolute atomic E-state index is 12.9. The quantitative estimate of drug-likeness (QED) is 0.0195. The van der Waals surface area contributed by atoms with Gasteiger partial charge >= 0.3 is 11.9 Å². The number of quaternary nitrogens is 1. The number of nitrogens with zero attached hydrogens (tertiary/aromatic N) is 1. The summed E-state index contributed by atoms with van der Waals surface area (Å²) in [5.74, 6) is -0.827. The van der Waals surface area contributed by atoms with Gasteiger partial charge in [-0.15, -0.1) is 0 Å². The van der Waals surface area contributed by atoms with Crippen LogP contribution in [0.4, 0.5) is 0 Å². The van der Waals surface area contributed by atoms with Gasteiger partial charge in [0.1, 0.15) is 19.8 Å². The average Bonchev–Trinajstić information content (AvgIpc) is 1.08. The molecule has 0 aromatic rings. The Morgan fingerprint density at radius 2 is 0.551 bits per heavy atom. The second-order valence-electron chi connectivity index (χ2n) is 28.0. The lowest BCUT2D eigenvalue weighted by Crippen LogP contribution is -2.37. The molecule has 0 aliphatic carbocycles. The van der Waals surface area contributed by atoms with Crippen molar-refractivity contribution in [3.63, 3.8) is 0 Å². The second-order valence-corrected chi connectivity index (χ2v) is 29.4. The van der Waals surface area contributed by atoms with E-state index in [9.17, 15) is 19.0 Å². The first-order valence-corrected chi connectivity index (χ1v) is 42.0. The van der Waals surface area contributed by atoms with E-state index < -0.39 is 26.5 Å². The van der Waals surface area contributed by atoms with Gasteiger partial charge in [-0.1, -0.05) is 365 Å². The van der Waals surface area contributed by atoms with Crippen molar-refractivity contribution in [2.45, 2.75) is 354 Å². The topological polar surface area (TPSA) is 111 Å². The van der Waals surface area contributed by atoms with Gasteiger partial charge < -0.3 is 27.9 Å². The molecule has 0 saturated heterocycles. The molecule has 0 aromatic carbocycles. The van der Waals surface area contributed by atoms with Crippen molar-refractivity contribution in [3.8, 4) is 0 Å². The van der Waals surface area contributed by atoms with Gasteiger partial charge in [-0.05, 0) is 116 Å². The largest absolute Gasteiger partial charge is 0.756 e. The van der Waals surface area contributed by atoms with Crippen molar-refractivity contribution in [1.29, 1.82) is 0 Å². The summed E-state index contributed by atoms with van der Waals surface area (Å²) in [7, 11) is 1.17. The molecule has 0 spiro atoms. The molecule has 10 heteroatoms. The van der Waals surface area contributed by atoms with Crippen LogP contribution in [0.25, 0.3) is 0 Å². The fourth-order valence-corrected chi connectivity index (χ4v) is 12.0. The van der Waals surface area contributed by atoms with Gasteiger partial charge in [0, 0.05) is 12.8 Å². The zero-order valence-corrected chi connectivity index (χ0v) is 65.1. The highest BCUT2D eigenvalue weighted by molar-refractivity contribution is 7.45. The minimum Gasteiger partial charge on any atom is -0.756 e. The molecule has 0 bridgehead atoms. The molecule has 98 heavy (non-hydrogen) atoms. The minimum atomic E-state index is -4.65. The third-order valence-electron chi connectivity index (χ3n) is 17.4. The lowest BCUT2D eigenvalue weighted by molar-refractivity contribution is -0.870. The Morgan fingerprint density at radius 1 is 0.316 bits per heavy atom. The molecule has 0 aliphatic rings. The molecular weight excluding hydrogens is 1230 g/mol. The van der Waals surface area contributed by atoms with E-state index in [1.807, 2.05) is 21.1 Å². The highest BCUT2D eigenvalue weighted by atomic mass is 31.2. The summed E-state index contributed by atoms with van der Waals surface area (Å²) in [6.07, 6.45) is 114. The number of carbonyl (C=O) groups excluding carboxylic acids is 2. The van der Waals surface area contributed by atoms with Crippen LogP contribution >= 0.6 is 7.82 Å². The number of likely N-dealkylation sites (N-methyl/N-ethyl adjacent to an activating group) is 1. The number of carbonyl (C=O) groups is 2. The highest BCUT2D eigenvalue weighted by Gasteiger charge is 2.22. The van der Waals surface area contributed by atoms with E-state index in [0.29, 0.717) is 17.4 Å². The number of esters is 2. The van der Waals surface area contributed by atoms with E-state index in [1.54, 1.807) is 0 Å². The Bertz CT molecular complexity index is 2170. The Morgan fingerprint density at radius 3 is 0.816 bits per heavy atom. The average molecular weight is 1380 g/mol. The van der Waals surface area contributed by atoms with Crippen LogP contribution in [0, 0.1) is 0 Å². The Balaban J connectivity index is 3.97. The second kappa shape index (κ2) is 77.1. The number of hydrogen-bond donors (Lipinski definition) is 0. The van der Waals surface area contributed by atoms with Crippen LogP contribution in [0.2, 0.25) is 0 Å². The van der Waals surface area contributed by atoms with E-state index in [4.69, 9.17) is 18.5 Å². The number of rotatable bonds is 74.